The Bertz CT molecular complexity index is 1380. The van der Waals surface area contributed by atoms with E-state index in [9.17, 15) is 9.59 Å². The number of fused-ring (bicyclic) bond motifs is 1. The molecule has 0 saturated heterocycles. The van der Waals surface area contributed by atoms with E-state index in [0.717, 1.165) is 27.7 Å². The summed E-state index contributed by atoms with van der Waals surface area (Å²) in [5, 5.41) is 0.955. The minimum Gasteiger partial charge on any atom is -0.322 e. The van der Waals surface area contributed by atoms with Crippen LogP contribution in [0.4, 0.5) is 5.69 Å². The highest BCUT2D eigenvalue weighted by Gasteiger charge is 2.22. The van der Waals surface area contributed by atoms with Gasteiger partial charge in [0, 0.05) is 22.3 Å². The Hall–Kier alpha value is -3.66. The predicted molar refractivity (Wildman–Crippen MR) is 136 cm³/mol. The fraction of sp³-hybridized carbons (Fsp3) is 0.241. The molecule has 0 aliphatic heterocycles. The van der Waals surface area contributed by atoms with Crippen molar-refractivity contribution in [3.63, 3.8) is 0 Å². The SMILES string of the molecule is Cc1ccc2[nH]c(=O)c(CN(C(=O)c3ccc(C(C)(C)C)cc3)c3ccccc3C)cc2c1. The van der Waals surface area contributed by atoms with Crippen LogP contribution in [0.3, 0.4) is 0 Å². The summed E-state index contributed by atoms with van der Waals surface area (Å²) in [5.74, 6) is -0.131. The van der Waals surface area contributed by atoms with Crippen LogP contribution in [0.2, 0.25) is 0 Å². The number of rotatable bonds is 4. The lowest BCUT2D eigenvalue weighted by atomic mass is 9.86. The quantitative estimate of drug-likeness (QED) is 0.407. The van der Waals surface area contributed by atoms with Gasteiger partial charge in [-0.05, 0) is 72.2 Å². The van der Waals surface area contributed by atoms with Crippen molar-refractivity contribution < 1.29 is 4.79 Å². The minimum atomic E-state index is -0.180. The number of pyridine rings is 1. The lowest BCUT2D eigenvalue weighted by Gasteiger charge is -2.25. The fourth-order valence-electron chi connectivity index (χ4n) is 4.06. The van der Waals surface area contributed by atoms with Gasteiger partial charge in [-0.25, -0.2) is 0 Å². The maximum atomic E-state index is 13.7. The molecular weight excluding hydrogens is 408 g/mol. The number of H-pyrrole nitrogens is 1. The standard InChI is InChI=1S/C29H30N2O2/c1-19-10-15-25-22(16-19)17-23(27(32)30-25)18-31(26-9-7-6-8-20(26)2)28(33)21-11-13-24(14-12-21)29(3,4)5/h6-17H,18H2,1-5H3,(H,30,32). The highest BCUT2D eigenvalue weighted by Crippen LogP contribution is 2.26. The highest BCUT2D eigenvalue weighted by molar-refractivity contribution is 6.06. The average molecular weight is 439 g/mol. The van der Waals surface area contributed by atoms with Gasteiger partial charge in [0.25, 0.3) is 11.5 Å². The van der Waals surface area contributed by atoms with Crippen molar-refractivity contribution in [3.05, 3.63) is 111 Å². The molecule has 4 rings (SSSR count). The summed E-state index contributed by atoms with van der Waals surface area (Å²) in [4.78, 5) is 31.3. The average Bonchev–Trinajstić information content (AvgIpc) is 2.77. The molecule has 0 fully saturated rings. The van der Waals surface area contributed by atoms with Gasteiger partial charge in [-0.15, -0.1) is 0 Å². The van der Waals surface area contributed by atoms with Gasteiger partial charge < -0.3 is 9.88 Å². The molecular formula is C29H30N2O2. The van der Waals surface area contributed by atoms with Crippen molar-refractivity contribution in [2.24, 2.45) is 0 Å². The smallest absolute Gasteiger partial charge is 0.258 e. The van der Waals surface area contributed by atoms with E-state index in [2.05, 4.69) is 25.8 Å². The summed E-state index contributed by atoms with van der Waals surface area (Å²) in [6.45, 7) is 10.6. The number of carbonyl (C=O) groups is 1. The number of anilines is 1. The maximum Gasteiger partial charge on any atom is 0.258 e. The topological polar surface area (TPSA) is 53.2 Å². The van der Waals surface area contributed by atoms with Gasteiger partial charge in [0.2, 0.25) is 0 Å². The first kappa shape index (κ1) is 22.5. The number of hydrogen-bond acceptors (Lipinski definition) is 2. The Morgan fingerprint density at radius 2 is 1.61 bits per heavy atom. The van der Waals surface area contributed by atoms with Crippen LogP contribution < -0.4 is 10.5 Å². The summed E-state index contributed by atoms with van der Waals surface area (Å²) < 4.78 is 0. The first-order valence-corrected chi connectivity index (χ1v) is 11.2. The number of aromatic amines is 1. The number of aryl methyl sites for hydroxylation is 2. The third kappa shape index (κ3) is 4.75. The summed E-state index contributed by atoms with van der Waals surface area (Å²) in [7, 11) is 0. The molecule has 1 N–H and O–H groups in total. The Morgan fingerprint density at radius 3 is 2.27 bits per heavy atom. The van der Waals surface area contributed by atoms with Gasteiger partial charge in [0.15, 0.2) is 0 Å². The molecule has 0 aliphatic carbocycles. The third-order valence-electron chi connectivity index (χ3n) is 6.05. The number of para-hydroxylation sites is 1. The van der Waals surface area contributed by atoms with Crippen LogP contribution in [0.5, 0.6) is 0 Å². The second kappa shape index (κ2) is 8.70. The molecule has 0 bridgehead atoms. The van der Waals surface area contributed by atoms with Crippen LogP contribution in [-0.4, -0.2) is 10.9 Å². The second-order valence-electron chi connectivity index (χ2n) is 9.72. The van der Waals surface area contributed by atoms with Gasteiger partial charge in [-0.3, -0.25) is 9.59 Å². The molecule has 0 aliphatic rings. The number of nitrogens with one attached hydrogen (secondary N) is 1. The number of amides is 1. The summed E-state index contributed by atoms with van der Waals surface area (Å²) in [5.41, 5.74) is 5.83. The summed E-state index contributed by atoms with van der Waals surface area (Å²) in [6, 6.07) is 23.4. The monoisotopic (exact) mass is 438 g/mol. The number of hydrogen-bond donors (Lipinski definition) is 1. The molecule has 33 heavy (non-hydrogen) atoms. The molecule has 4 heteroatoms. The predicted octanol–water partition coefficient (Wildman–Crippen LogP) is 6.29. The van der Waals surface area contributed by atoms with Crippen LogP contribution in [-0.2, 0) is 12.0 Å². The van der Waals surface area contributed by atoms with E-state index >= 15 is 0 Å². The zero-order valence-electron chi connectivity index (χ0n) is 19.9. The fourth-order valence-corrected chi connectivity index (χ4v) is 4.06. The van der Waals surface area contributed by atoms with Crippen LogP contribution >= 0.6 is 0 Å². The molecule has 0 saturated carbocycles. The summed E-state index contributed by atoms with van der Waals surface area (Å²) in [6.07, 6.45) is 0. The van der Waals surface area contributed by atoms with E-state index in [0.29, 0.717) is 11.1 Å². The number of nitrogens with zero attached hydrogens (tertiary/aromatic N) is 1. The molecule has 0 atom stereocenters. The van der Waals surface area contributed by atoms with Crippen molar-refractivity contribution in [2.75, 3.05) is 4.90 Å². The van der Waals surface area contributed by atoms with E-state index < -0.39 is 0 Å². The Morgan fingerprint density at radius 1 is 0.909 bits per heavy atom. The first-order valence-electron chi connectivity index (χ1n) is 11.2. The van der Waals surface area contributed by atoms with Crippen molar-refractivity contribution in [1.82, 2.24) is 4.98 Å². The van der Waals surface area contributed by atoms with Gasteiger partial charge in [-0.2, -0.15) is 0 Å². The maximum absolute atomic E-state index is 13.7. The molecule has 4 nitrogen and oxygen atoms in total. The zero-order chi connectivity index (χ0) is 23.8. The molecule has 1 heterocycles. The lowest BCUT2D eigenvalue weighted by Crippen LogP contribution is -2.33. The zero-order valence-corrected chi connectivity index (χ0v) is 19.9. The Balaban J connectivity index is 1.77. The molecule has 0 radical (unpaired) electrons. The van der Waals surface area contributed by atoms with Gasteiger partial charge in [0.05, 0.1) is 6.54 Å². The Kier molecular flexibility index (Phi) is 5.94. The number of carbonyl (C=O) groups excluding carboxylic acids is 1. The second-order valence-corrected chi connectivity index (χ2v) is 9.72. The van der Waals surface area contributed by atoms with Crippen LogP contribution in [0, 0.1) is 13.8 Å². The van der Waals surface area contributed by atoms with Gasteiger partial charge in [-0.1, -0.05) is 62.7 Å². The largest absolute Gasteiger partial charge is 0.322 e. The van der Waals surface area contributed by atoms with Crippen molar-refractivity contribution in [1.29, 1.82) is 0 Å². The normalized spacial score (nSPS) is 11.5. The third-order valence-corrected chi connectivity index (χ3v) is 6.05. The number of aromatic nitrogens is 1. The van der Waals surface area contributed by atoms with Crippen molar-refractivity contribution in [3.8, 4) is 0 Å². The molecule has 168 valence electrons. The molecule has 3 aromatic carbocycles. The van der Waals surface area contributed by atoms with E-state index in [1.165, 1.54) is 5.56 Å². The van der Waals surface area contributed by atoms with Gasteiger partial charge >= 0.3 is 0 Å². The molecule has 0 spiro atoms. The van der Waals surface area contributed by atoms with E-state index in [-0.39, 0.29) is 23.4 Å². The lowest BCUT2D eigenvalue weighted by molar-refractivity contribution is 0.0985. The summed E-state index contributed by atoms with van der Waals surface area (Å²) >= 11 is 0. The number of benzene rings is 3. The van der Waals surface area contributed by atoms with E-state index in [1.807, 2.05) is 86.6 Å². The minimum absolute atomic E-state index is 0.00774. The van der Waals surface area contributed by atoms with Crippen molar-refractivity contribution >= 4 is 22.5 Å². The first-order chi connectivity index (χ1) is 15.6. The molecule has 0 unspecified atom stereocenters. The van der Waals surface area contributed by atoms with Gasteiger partial charge in [0.1, 0.15) is 0 Å². The molecule has 4 aromatic rings. The molecule has 1 aromatic heterocycles. The van der Waals surface area contributed by atoms with E-state index in [4.69, 9.17) is 0 Å². The Labute approximate surface area is 194 Å². The van der Waals surface area contributed by atoms with E-state index in [1.54, 1.807) is 4.90 Å². The molecule has 1 amide bonds. The highest BCUT2D eigenvalue weighted by atomic mass is 16.2. The van der Waals surface area contributed by atoms with Crippen LogP contribution in [0.15, 0.2) is 77.6 Å². The van der Waals surface area contributed by atoms with Crippen LogP contribution in [0.25, 0.3) is 10.9 Å². The van der Waals surface area contributed by atoms with Crippen LogP contribution in [0.1, 0.15) is 53.4 Å². The van der Waals surface area contributed by atoms with Crippen molar-refractivity contribution in [2.45, 2.75) is 46.6 Å².